The molecule has 2 N–H and O–H groups in total. The molecule has 0 saturated carbocycles. The van der Waals surface area contributed by atoms with Crippen LogP contribution in [-0.4, -0.2) is 39.7 Å². The van der Waals surface area contributed by atoms with Gasteiger partial charge in [0.25, 0.3) is 0 Å². The van der Waals surface area contributed by atoms with E-state index in [2.05, 4.69) is 9.72 Å². The van der Waals surface area contributed by atoms with E-state index in [-0.39, 0.29) is 12.2 Å². The van der Waals surface area contributed by atoms with E-state index in [1.165, 1.54) is 0 Å². The van der Waals surface area contributed by atoms with Gasteiger partial charge in [0, 0.05) is 6.20 Å². The Morgan fingerprint density at radius 3 is 2.35 bits per heavy atom. The summed E-state index contributed by atoms with van der Waals surface area (Å²) in [4.78, 5) is 36.3. The van der Waals surface area contributed by atoms with Crippen LogP contribution < -0.4 is 0 Å². The summed E-state index contributed by atoms with van der Waals surface area (Å²) in [5.74, 6) is -3.64. The maximum Gasteiger partial charge on any atom is 0.354 e. The van der Waals surface area contributed by atoms with Gasteiger partial charge >= 0.3 is 17.9 Å². The number of ether oxygens (including phenoxy) is 1. The van der Waals surface area contributed by atoms with Crippen molar-refractivity contribution in [2.75, 3.05) is 6.61 Å². The van der Waals surface area contributed by atoms with Gasteiger partial charge in [-0.3, -0.25) is 0 Å². The Kier molecular flexibility index (Phi) is 3.76. The quantitative estimate of drug-likeness (QED) is 0.741. The number of aromatic nitrogens is 1. The van der Waals surface area contributed by atoms with Crippen LogP contribution in [0.25, 0.3) is 0 Å². The number of carboxylic acid groups (broad SMARTS) is 2. The zero-order chi connectivity index (χ0) is 13.0. The van der Waals surface area contributed by atoms with Crippen LogP contribution in [0.15, 0.2) is 12.3 Å². The molecule has 7 nitrogen and oxygen atoms in total. The second-order valence-electron chi connectivity index (χ2n) is 2.95. The monoisotopic (exact) mass is 239 g/mol. The zero-order valence-electron chi connectivity index (χ0n) is 8.84. The van der Waals surface area contributed by atoms with Crippen molar-refractivity contribution in [3.05, 3.63) is 29.1 Å². The average Bonchev–Trinajstić information content (AvgIpc) is 2.28. The van der Waals surface area contributed by atoms with E-state index in [1.54, 1.807) is 6.92 Å². The molecule has 0 fully saturated rings. The Morgan fingerprint density at radius 2 is 1.88 bits per heavy atom. The summed E-state index contributed by atoms with van der Waals surface area (Å²) in [6, 6.07) is 0.816. The molecule has 1 aromatic rings. The largest absolute Gasteiger partial charge is 0.478 e. The number of aromatic carboxylic acids is 2. The number of carbonyl (C=O) groups excluding carboxylic acids is 1. The van der Waals surface area contributed by atoms with E-state index in [9.17, 15) is 14.4 Å². The Labute approximate surface area is 95.7 Å². The molecule has 1 heterocycles. The van der Waals surface area contributed by atoms with Crippen molar-refractivity contribution in [2.24, 2.45) is 0 Å². The highest BCUT2D eigenvalue weighted by atomic mass is 16.5. The fraction of sp³-hybridized carbons (Fsp3) is 0.200. The molecule has 90 valence electrons. The van der Waals surface area contributed by atoms with Crippen molar-refractivity contribution in [3.8, 4) is 0 Å². The molecule has 0 aliphatic heterocycles. The Balaban J connectivity index is 3.27. The molecular weight excluding hydrogens is 230 g/mol. The van der Waals surface area contributed by atoms with Gasteiger partial charge in [-0.2, -0.15) is 0 Å². The van der Waals surface area contributed by atoms with Crippen LogP contribution in [0.2, 0.25) is 0 Å². The summed E-state index contributed by atoms with van der Waals surface area (Å²) in [5, 5.41) is 17.5. The summed E-state index contributed by atoms with van der Waals surface area (Å²) >= 11 is 0. The van der Waals surface area contributed by atoms with E-state index >= 15 is 0 Å². The van der Waals surface area contributed by atoms with Crippen molar-refractivity contribution in [2.45, 2.75) is 6.92 Å². The van der Waals surface area contributed by atoms with Gasteiger partial charge in [-0.15, -0.1) is 0 Å². The Morgan fingerprint density at radius 1 is 1.24 bits per heavy atom. The van der Waals surface area contributed by atoms with Crippen LogP contribution in [0.3, 0.4) is 0 Å². The molecule has 0 aromatic carbocycles. The predicted molar refractivity (Wildman–Crippen MR) is 54.1 cm³/mol. The van der Waals surface area contributed by atoms with Crippen LogP contribution in [0.1, 0.15) is 38.1 Å². The standard InChI is InChI=1S/C10H9NO6/c1-2-17-10(16)6-4-11-7(9(14)15)3-5(6)8(12)13/h3-4H,2H2,1H3,(H,12,13)(H,14,15). The minimum atomic E-state index is -1.42. The van der Waals surface area contributed by atoms with E-state index < -0.39 is 29.2 Å². The number of rotatable bonds is 4. The molecule has 0 radical (unpaired) electrons. The van der Waals surface area contributed by atoms with Gasteiger partial charge in [-0.05, 0) is 13.0 Å². The summed E-state index contributed by atoms with van der Waals surface area (Å²) < 4.78 is 4.63. The van der Waals surface area contributed by atoms with Crippen LogP contribution in [0.4, 0.5) is 0 Å². The number of pyridine rings is 1. The lowest BCUT2D eigenvalue weighted by molar-refractivity contribution is 0.0512. The minimum absolute atomic E-state index is 0.0819. The highest BCUT2D eigenvalue weighted by molar-refractivity contribution is 6.03. The molecule has 0 saturated heterocycles. The molecule has 17 heavy (non-hydrogen) atoms. The smallest absolute Gasteiger partial charge is 0.354 e. The molecule has 1 rings (SSSR count). The van der Waals surface area contributed by atoms with Crippen molar-refractivity contribution >= 4 is 17.9 Å². The zero-order valence-corrected chi connectivity index (χ0v) is 8.84. The van der Waals surface area contributed by atoms with Crippen LogP contribution >= 0.6 is 0 Å². The van der Waals surface area contributed by atoms with Gasteiger partial charge in [0.2, 0.25) is 0 Å². The first-order chi connectivity index (χ1) is 7.97. The molecule has 0 amide bonds. The first-order valence-electron chi connectivity index (χ1n) is 4.61. The SMILES string of the molecule is CCOC(=O)c1cnc(C(=O)O)cc1C(=O)O. The molecule has 1 aromatic heterocycles. The first-order valence-corrected chi connectivity index (χ1v) is 4.61. The maximum atomic E-state index is 11.4. The highest BCUT2D eigenvalue weighted by Crippen LogP contribution is 2.11. The molecule has 0 atom stereocenters. The summed E-state index contributed by atoms with van der Waals surface area (Å²) in [6.07, 6.45) is 0.880. The number of carbonyl (C=O) groups is 3. The van der Waals surface area contributed by atoms with Crippen molar-refractivity contribution in [1.82, 2.24) is 4.98 Å². The van der Waals surface area contributed by atoms with Gasteiger partial charge in [0.05, 0.1) is 17.7 Å². The van der Waals surface area contributed by atoms with Gasteiger partial charge < -0.3 is 14.9 Å². The van der Waals surface area contributed by atoms with E-state index in [0.717, 1.165) is 12.3 Å². The van der Waals surface area contributed by atoms with Crippen molar-refractivity contribution in [3.63, 3.8) is 0 Å². The van der Waals surface area contributed by atoms with E-state index in [0.29, 0.717) is 0 Å². The minimum Gasteiger partial charge on any atom is -0.478 e. The fourth-order valence-corrected chi connectivity index (χ4v) is 1.12. The second kappa shape index (κ2) is 5.06. The third-order valence-electron chi connectivity index (χ3n) is 1.85. The Hall–Kier alpha value is -2.44. The third kappa shape index (κ3) is 2.77. The van der Waals surface area contributed by atoms with Crippen LogP contribution in [0, 0.1) is 0 Å². The summed E-state index contributed by atoms with van der Waals surface area (Å²) in [6.45, 7) is 1.65. The topological polar surface area (TPSA) is 114 Å². The molecule has 0 aliphatic carbocycles. The van der Waals surface area contributed by atoms with Gasteiger partial charge in [0.1, 0.15) is 5.69 Å². The molecule has 0 aliphatic rings. The van der Waals surface area contributed by atoms with E-state index in [1.807, 2.05) is 0 Å². The molecule has 7 heteroatoms. The molecule has 0 spiro atoms. The van der Waals surface area contributed by atoms with Crippen LogP contribution in [0.5, 0.6) is 0 Å². The number of hydrogen-bond acceptors (Lipinski definition) is 5. The van der Waals surface area contributed by atoms with Gasteiger partial charge in [0.15, 0.2) is 0 Å². The highest BCUT2D eigenvalue weighted by Gasteiger charge is 2.20. The predicted octanol–water partition coefficient (Wildman–Crippen LogP) is 0.655. The van der Waals surface area contributed by atoms with E-state index in [4.69, 9.17) is 10.2 Å². The number of carboxylic acids is 2. The summed E-state index contributed by atoms with van der Waals surface area (Å²) in [7, 11) is 0. The number of esters is 1. The third-order valence-corrected chi connectivity index (χ3v) is 1.85. The lowest BCUT2D eigenvalue weighted by Gasteiger charge is -2.05. The maximum absolute atomic E-state index is 11.4. The average molecular weight is 239 g/mol. The van der Waals surface area contributed by atoms with Gasteiger partial charge in [-0.1, -0.05) is 0 Å². The molecule has 0 unspecified atom stereocenters. The second-order valence-corrected chi connectivity index (χ2v) is 2.95. The van der Waals surface area contributed by atoms with Gasteiger partial charge in [-0.25, -0.2) is 19.4 Å². The number of nitrogens with zero attached hydrogens (tertiary/aromatic N) is 1. The van der Waals surface area contributed by atoms with Crippen molar-refractivity contribution < 1.29 is 29.3 Å². The normalized spacial score (nSPS) is 9.71. The lowest BCUT2D eigenvalue weighted by atomic mass is 10.1. The molecular formula is C10H9NO6. The van der Waals surface area contributed by atoms with Crippen LogP contribution in [-0.2, 0) is 4.74 Å². The summed E-state index contributed by atoms with van der Waals surface area (Å²) in [5.41, 5.74) is -1.17. The fourth-order valence-electron chi connectivity index (χ4n) is 1.12. The Bertz CT molecular complexity index is 482. The first kappa shape index (κ1) is 12.6. The number of hydrogen-bond donors (Lipinski definition) is 2. The van der Waals surface area contributed by atoms with Crippen molar-refractivity contribution in [1.29, 1.82) is 0 Å². The lowest BCUT2D eigenvalue weighted by Crippen LogP contribution is -2.14. The molecule has 0 bridgehead atoms.